The Morgan fingerprint density at radius 1 is 1.26 bits per heavy atom. The molecule has 0 unspecified atom stereocenters. The van der Waals surface area contributed by atoms with Gasteiger partial charge in [-0.15, -0.1) is 0 Å². The van der Waals surface area contributed by atoms with Crippen molar-refractivity contribution in [3.63, 3.8) is 0 Å². The highest BCUT2D eigenvalue weighted by atomic mass is 16.6. The Bertz CT molecular complexity index is 523. The average molecular weight is 269 g/mol. The molecule has 19 heavy (non-hydrogen) atoms. The number of aliphatic carboxylic acids is 1. The minimum atomic E-state index is -1.41. The molecule has 0 aromatic heterocycles. The minimum absolute atomic E-state index is 0.0580. The summed E-state index contributed by atoms with van der Waals surface area (Å²) in [5, 5.41) is 20.3. The third-order valence-corrected chi connectivity index (χ3v) is 2.91. The van der Waals surface area contributed by atoms with Gasteiger partial charge in [-0.3, -0.25) is 14.9 Å². The van der Waals surface area contributed by atoms with E-state index in [4.69, 9.17) is 9.47 Å². The van der Waals surface area contributed by atoms with Crippen molar-refractivity contribution < 1.29 is 24.3 Å². The van der Waals surface area contributed by atoms with Crippen LogP contribution in [0.25, 0.3) is 0 Å². The molecule has 0 saturated carbocycles. The molecule has 0 saturated heterocycles. The summed E-state index contributed by atoms with van der Waals surface area (Å²) >= 11 is 0. The topological polar surface area (TPSA) is 98.9 Å². The molecule has 0 aliphatic carbocycles. The third-order valence-electron chi connectivity index (χ3n) is 2.91. The second-order valence-electron chi connectivity index (χ2n) is 4.41. The highest BCUT2D eigenvalue weighted by molar-refractivity contribution is 5.82. The van der Waals surface area contributed by atoms with Gasteiger partial charge in [0.15, 0.2) is 11.5 Å². The van der Waals surface area contributed by atoms with Gasteiger partial charge >= 0.3 is 5.97 Å². The van der Waals surface area contributed by atoms with Gasteiger partial charge in [0.2, 0.25) is 0 Å². The zero-order valence-corrected chi connectivity index (χ0v) is 11.1. The van der Waals surface area contributed by atoms with E-state index in [-0.39, 0.29) is 22.7 Å². The zero-order chi connectivity index (χ0) is 14.8. The SMILES string of the molecule is COc1cc([N+](=O)[O-])c(C(C)(C)C(=O)O)cc1OC. The van der Waals surface area contributed by atoms with Crippen molar-refractivity contribution in [1.82, 2.24) is 0 Å². The van der Waals surface area contributed by atoms with Crippen molar-refractivity contribution in [1.29, 1.82) is 0 Å². The fourth-order valence-electron chi connectivity index (χ4n) is 1.64. The number of carbonyl (C=O) groups is 1. The Balaban J connectivity index is 3.62. The summed E-state index contributed by atoms with van der Waals surface area (Å²) in [6.45, 7) is 2.78. The summed E-state index contributed by atoms with van der Waals surface area (Å²) in [7, 11) is 2.73. The zero-order valence-electron chi connectivity index (χ0n) is 11.1. The average Bonchev–Trinajstić information content (AvgIpc) is 2.36. The van der Waals surface area contributed by atoms with Crippen LogP contribution in [0.1, 0.15) is 19.4 Å². The van der Waals surface area contributed by atoms with E-state index in [1.165, 1.54) is 40.2 Å². The number of nitro benzene ring substituents is 1. The summed E-state index contributed by atoms with van der Waals surface area (Å²) in [6, 6.07) is 2.49. The quantitative estimate of drug-likeness (QED) is 0.648. The molecule has 1 N–H and O–H groups in total. The molecule has 0 atom stereocenters. The first-order chi connectivity index (χ1) is 8.75. The molecule has 104 valence electrons. The maximum atomic E-state index is 11.3. The lowest BCUT2D eigenvalue weighted by Crippen LogP contribution is -2.29. The summed E-state index contributed by atoms with van der Waals surface area (Å²) in [4.78, 5) is 21.7. The van der Waals surface area contributed by atoms with Crippen molar-refractivity contribution in [2.75, 3.05) is 14.2 Å². The van der Waals surface area contributed by atoms with Crippen LogP contribution >= 0.6 is 0 Å². The van der Waals surface area contributed by atoms with E-state index in [9.17, 15) is 20.0 Å². The van der Waals surface area contributed by atoms with Crippen LogP contribution in [0.3, 0.4) is 0 Å². The van der Waals surface area contributed by atoms with Crippen molar-refractivity contribution >= 4 is 11.7 Å². The normalized spacial score (nSPS) is 10.9. The van der Waals surface area contributed by atoms with Gasteiger partial charge in [-0.25, -0.2) is 0 Å². The minimum Gasteiger partial charge on any atom is -0.493 e. The molecule has 0 bridgehead atoms. The first kappa shape index (κ1) is 14.7. The molecular weight excluding hydrogens is 254 g/mol. The van der Waals surface area contributed by atoms with Gasteiger partial charge in [0.25, 0.3) is 5.69 Å². The number of nitro groups is 1. The van der Waals surface area contributed by atoms with E-state index < -0.39 is 16.3 Å². The van der Waals surface area contributed by atoms with Gasteiger partial charge in [-0.1, -0.05) is 0 Å². The highest BCUT2D eigenvalue weighted by Crippen LogP contribution is 2.40. The van der Waals surface area contributed by atoms with Gasteiger partial charge in [0, 0.05) is 0 Å². The molecule has 0 aliphatic heterocycles. The van der Waals surface area contributed by atoms with Crippen LogP contribution in [-0.4, -0.2) is 30.2 Å². The molecule has 0 heterocycles. The molecule has 7 nitrogen and oxygen atoms in total. The van der Waals surface area contributed by atoms with Gasteiger partial charge in [0.1, 0.15) is 0 Å². The number of ether oxygens (including phenoxy) is 2. The molecule has 1 aromatic rings. The Hall–Kier alpha value is -2.31. The molecule has 0 spiro atoms. The number of benzene rings is 1. The lowest BCUT2D eigenvalue weighted by atomic mass is 9.83. The van der Waals surface area contributed by atoms with E-state index in [1.54, 1.807) is 0 Å². The lowest BCUT2D eigenvalue weighted by Gasteiger charge is -2.21. The lowest BCUT2D eigenvalue weighted by molar-refractivity contribution is -0.386. The third kappa shape index (κ3) is 2.59. The molecule has 1 aromatic carbocycles. The molecule has 0 amide bonds. The highest BCUT2D eigenvalue weighted by Gasteiger charge is 2.37. The van der Waals surface area contributed by atoms with E-state index in [1.807, 2.05) is 0 Å². The maximum Gasteiger partial charge on any atom is 0.313 e. The summed E-state index contributed by atoms with van der Waals surface area (Å²) in [5.41, 5.74) is -1.67. The number of nitrogens with zero attached hydrogens (tertiary/aromatic N) is 1. The second-order valence-corrected chi connectivity index (χ2v) is 4.41. The van der Waals surface area contributed by atoms with Gasteiger partial charge in [-0.05, 0) is 19.9 Å². The standard InChI is InChI=1S/C12H15NO6/c1-12(2,11(14)15)7-5-9(18-3)10(19-4)6-8(7)13(16)17/h5-6H,1-4H3,(H,14,15). The Labute approximate surface area is 109 Å². The Kier molecular flexibility index (Phi) is 3.98. The van der Waals surface area contributed by atoms with Crippen LogP contribution in [0.2, 0.25) is 0 Å². The molecule has 0 radical (unpaired) electrons. The number of carboxylic acid groups (broad SMARTS) is 1. The van der Waals surface area contributed by atoms with E-state index in [0.717, 1.165) is 0 Å². The van der Waals surface area contributed by atoms with Crippen LogP contribution in [0.4, 0.5) is 5.69 Å². The number of rotatable bonds is 5. The summed E-state index contributed by atoms with van der Waals surface area (Å²) in [6.07, 6.45) is 0. The van der Waals surface area contributed by atoms with Crippen molar-refractivity contribution in [3.8, 4) is 11.5 Å². The van der Waals surface area contributed by atoms with Gasteiger partial charge in [0.05, 0.1) is 36.2 Å². The van der Waals surface area contributed by atoms with Crippen LogP contribution in [0.15, 0.2) is 12.1 Å². The fourth-order valence-corrected chi connectivity index (χ4v) is 1.64. The molecule has 1 rings (SSSR count). The first-order valence-corrected chi connectivity index (χ1v) is 5.40. The van der Waals surface area contributed by atoms with Crippen molar-refractivity contribution in [2.24, 2.45) is 0 Å². The van der Waals surface area contributed by atoms with E-state index >= 15 is 0 Å². The molecule has 0 aliphatic rings. The maximum absolute atomic E-state index is 11.3. The summed E-state index contributed by atoms with van der Waals surface area (Å²) in [5.74, 6) is -0.737. The smallest absolute Gasteiger partial charge is 0.313 e. The Morgan fingerprint density at radius 2 is 1.74 bits per heavy atom. The monoisotopic (exact) mass is 269 g/mol. The van der Waals surface area contributed by atoms with Crippen LogP contribution in [0, 0.1) is 10.1 Å². The second kappa shape index (κ2) is 5.13. The fraction of sp³-hybridized carbons (Fsp3) is 0.417. The van der Waals surface area contributed by atoms with E-state index in [2.05, 4.69) is 0 Å². The predicted octanol–water partition coefficient (Wildman–Crippen LogP) is 1.97. The predicted molar refractivity (Wildman–Crippen MR) is 66.9 cm³/mol. The van der Waals surface area contributed by atoms with Crippen LogP contribution < -0.4 is 9.47 Å². The van der Waals surface area contributed by atoms with Crippen LogP contribution in [0.5, 0.6) is 11.5 Å². The van der Waals surface area contributed by atoms with Crippen molar-refractivity contribution in [2.45, 2.75) is 19.3 Å². The van der Waals surface area contributed by atoms with Crippen LogP contribution in [-0.2, 0) is 10.2 Å². The number of hydrogen-bond donors (Lipinski definition) is 1. The molecule has 7 heteroatoms. The Morgan fingerprint density at radius 3 is 2.11 bits per heavy atom. The van der Waals surface area contributed by atoms with Gasteiger partial charge in [-0.2, -0.15) is 0 Å². The summed E-state index contributed by atoms with van der Waals surface area (Å²) < 4.78 is 10.0. The molecule has 0 fully saturated rings. The van der Waals surface area contributed by atoms with E-state index in [0.29, 0.717) is 0 Å². The molecular formula is C12H15NO6. The number of methoxy groups -OCH3 is 2. The number of carboxylic acids is 1. The number of hydrogen-bond acceptors (Lipinski definition) is 5. The first-order valence-electron chi connectivity index (χ1n) is 5.40. The van der Waals surface area contributed by atoms with Crippen molar-refractivity contribution in [3.05, 3.63) is 27.8 Å². The van der Waals surface area contributed by atoms with Gasteiger partial charge < -0.3 is 14.6 Å². The largest absolute Gasteiger partial charge is 0.493 e.